The zero-order chi connectivity index (χ0) is 18.1. The number of amides is 1. The highest BCUT2D eigenvalue weighted by atomic mass is 35.5. The second kappa shape index (κ2) is 7.29. The van der Waals surface area contributed by atoms with Gasteiger partial charge in [-0.25, -0.2) is 0 Å². The minimum Gasteiger partial charge on any atom is -0.480 e. The number of nitrogens with zero attached hydrogens (tertiary/aromatic N) is 2. The molecule has 0 radical (unpaired) electrons. The molecule has 2 aromatic carbocycles. The normalized spacial score (nSPS) is 19.9. The summed E-state index contributed by atoms with van der Waals surface area (Å²) in [6, 6.07) is 14.2. The smallest absolute Gasteiger partial charge is 0.264 e. The molecule has 2 aromatic rings. The fourth-order valence-corrected chi connectivity index (χ4v) is 3.95. The van der Waals surface area contributed by atoms with E-state index in [1.807, 2.05) is 17.0 Å². The summed E-state index contributed by atoms with van der Waals surface area (Å²) in [6.07, 6.45) is 0.199. The van der Waals surface area contributed by atoms with Crippen LogP contribution < -0.4 is 4.74 Å². The molecule has 5 heteroatoms. The van der Waals surface area contributed by atoms with Crippen molar-refractivity contribution >= 4 is 17.5 Å². The van der Waals surface area contributed by atoms with E-state index in [1.54, 1.807) is 6.07 Å². The number of rotatable bonds is 3. The number of piperazine rings is 1. The van der Waals surface area contributed by atoms with Crippen LogP contribution in [-0.2, 0) is 17.8 Å². The minimum atomic E-state index is -0.410. The fourth-order valence-electron chi connectivity index (χ4n) is 3.75. The second-order valence-corrected chi connectivity index (χ2v) is 7.59. The van der Waals surface area contributed by atoms with Crippen molar-refractivity contribution in [3.8, 4) is 5.75 Å². The van der Waals surface area contributed by atoms with Crippen LogP contribution >= 0.6 is 11.6 Å². The standard InChI is InChI=1S/C21H23ClN2O2/c1-15-3-2-4-16(11-15)14-23-7-9-24(10-8-23)21(25)20-13-17-12-18(22)5-6-19(17)26-20/h2-6,11-12,20H,7-10,13-14H2,1H3. The van der Waals surface area contributed by atoms with Crippen molar-refractivity contribution in [2.45, 2.75) is 26.0 Å². The van der Waals surface area contributed by atoms with E-state index in [4.69, 9.17) is 16.3 Å². The molecule has 4 rings (SSSR count). The van der Waals surface area contributed by atoms with Gasteiger partial charge in [0.2, 0.25) is 0 Å². The molecule has 1 unspecified atom stereocenters. The summed E-state index contributed by atoms with van der Waals surface area (Å²) in [5, 5.41) is 0.685. The molecule has 26 heavy (non-hydrogen) atoms. The van der Waals surface area contributed by atoms with E-state index in [9.17, 15) is 4.79 Å². The van der Waals surface area contributed by atoms with Gasteiger partial charge in [0.15, 0.2) is 6.10 Å². The SMILES string of the molecule is Cc1cccc(CN2CCN(C(=O)C3Cc4cc(Cl)ccc4O3)CC2)c1. The Labute approximate surface area is 159 Å². The van der Waals surface area contributed by atoms with Gasteiger partial charge in [0.05, 0.1) is 0 Å². The average molecular weight is 371 g/mol. The Bertz CT molecular complexity index is 815. The number of hydrogen-bond acceptors (Lipinski definition) is 3. The van der Waals surface area contributed by atoms with Gasteiger partial charge in [0.25, 0.3) is 5.91 Å². The maximum atomic E-state index is 12.8. The van der Waals surface area contributed by atoms with Crippen molar-refractivity contribution in [2.75, 3.05) is 26.2 Å². The van der Waals surface area contributed by atoms with Crippen LogP contribution in [-0.4, -0.2) is 48.0 Å². The van der Waals surface area contributed by atoms with Crippen molar-refractivity contribution in [3.63, 3.8) is 0 Å². The maximum absolute atomic E-state index is 12.8. The van der Waals surface area contributed by atoms with Crippen molar-refractivity contribution in [1.29, 1.82) is 0 Å². The van der Waals surface area contributed by atoms with Gasteiger partial charge < -0.3 is 9.64 Å². The molecular formula is C21H23ClN2O2. The van der Waals surface area contributed by atoms with Gasteiger partial charge in [-0.1, -0.05) is 41.4 Å². The van der Waals surface area contributed by atoms with E-state index in [1.165, 1.54) is 11.1 Å². The molecular weight excluding hydrogens is 348 g/mol. The molecule has 1 atom stereocenters. The molecule has 2 aliphatic heterocycles. The Kier molecular flexibility index (Phi) is 4.88. The van der Waals surface area contributed by atoms with Gasteiger partial charge in [-0.2, -0.15) is 0 Å². The quantitative estimate of drug-likeness (QED) is 0.831. The molecule has 1 saturated heterocycles. The number of carbonyl (C=O) groups is 1. The third-order valence-corrected chi connectivity index (χ3v) is 5.38. The molecule has 0 aromatic heterocycles. The average Bonchev–Trinajstić information content (AvgIpc) is 3.05. The van der Waals surface area contributed by atoms with Crippen LogP contribution in [0.5, 0.6) is 5.75 Å². The molecule has 1 amide bonds. The topological polar surface area (TPSA) is 32.8 Å². The summed E-state index contributed by atoms with van der Waals surface area (Å²) in [4.78, 5) is 17.2. The van der Waals surface area contributed by atoms with Gasteiger partial charge in [-0.15, -0.1) is 0 Å². The number of halogens is 1. The van der Waals surface area contributed by atoms with Gasteiger partial charge in [-0.3, -0.25) is 9.69 Å². The van der Waals surface area contributed by atoms with Crippen LogP contribution in [0.2, 0.25) is 5.02 Å². The molecule has 136 valence electrons. The highest BCUT2D eigenvalue weighted by molar-refractivity contribution is 6.30. The van der Waals surface area contributed by atoms with E-state index in [2.05, 4.69) is 36.1 Å². The summed E-state index contributed by atoms with van der Waals surface area (Å²) in [6.45, 7) is 6.35. The van der Waals surface area contributed by atoms with E-state index in [0.717, 1.165) is 44.0 Å². The highest BCUT2D eigenvalue weighted by Crippen LogP contribution is 2.31. The number of fused-ring (bicyclic) bond motifs is 1. The van der Waals surface area contributed by atoms with Crippen molar-refractivity contribution in [1.82, 2.24) is 9.80 Å². The number of aryl methyl sites for hydroxylation is 1. The van der Waals surface area contributed by atoms with Crippen molar-refractivity contribution in [2.24, 2.45) is 0 Å². The summed E-state index contributed by atoms with van der Waals surface area (Å²) in [5.74, 6) is 0.873. The first-order chi connectivity index (χ1) is 12.6. The Hall–Kier alpha value is -2.04. The molecule has 2 heterocycles. The van der Waals surface area contributed by atoms with Gasteiger partial charge in [-0.05, 0) is 36.2 Å². The fraction of sp³-hybridized carbons (Fsp3) is 0.381. The van der Waals surface area contributed by atoms with Crippen molar-refractivity contribution in [3.05, 3.63) is 64.2 Å². The van der Waals surface area contributed by atoms with Gasteiger partial charge in [0.1, 0.15) is 5.75 Å². The van der Waals surface area contributed by atoms with Crippen LogP contribution in [0.1, 0.15) is 16.7 Å². The number of carbonyl (C=O) groups excluding carboxylic acids is 1. The van der Waals surface area contributed by atoms with Gasteiger partial charge >= 0.3 is 0 Å². The Morgan fingerprint density at radius 1 is 1.15 bits per heavy atom. The van der Waals surface area contributed by atoms with Crippen LogP contribution in [0.3, 0.4) is 0 Å². The maximum Gasteiger partial charge on any atom is 0.264 e. The molecule has 2 aliphatic rings. The summed E-state index contributed by atoms with van der Waals surface area (Å²) >= 11 is 6.04. The second-order valence-electron chi connectivity index (χ2n) is 7.15. The van der Waals surface area contributed by atoms with E-state index >= 15 is 0 Å². The molecule has 0 aliphatic carbocycles. The predicted molar refractivity (Wildman–Crippen MR) is 103 cm³/mol. The predicted octanol–water partition coefficient (Wildman–Crippen LogP) is 3.30. The van der Waals surface area contributed by atoms with Crippen LogP contribution in [0, 0.1) is 6.92 Å². The number of benzene rings is 2. The molecule has 0 spiro atoms. The first-order valence-electron chi connectivity index (χ1n) is 9.10. The summed E-state index contributed by atoms with van der Waals surface area (Å²) in [7, 11) is 0. The van der Waals surface area contributed by atoms with Gasteiger partial charge in [0, 0.05) is 44.2 Å². The summed E-state index contributed by atoms with van der Waals surface area (Å²) < 4.78 is 5.85. The lowest BCUT2D eigenvalue weighted by Crippen LogP contribution is -2.51. The highest BCUT2D eigenvalue weighted by Gasteiger charge is 2.33. The lowest BCUT2D eigenvalue weighted by molar-refractivity contribution is -0.139. The first kappa shape index (κ1) is 17.4. The monoisotopic (exact) mass is 370 g/mol. The third kappa shape index (κ3) is 3.71. The number of hydrogen-bond donors (Lipinski definition) is 0. The molecule has 4 nitrogen and oxygen atoms in total. The largest absolute Gasteiger partial charge is 0.480 e. The molecule has 1 fully saturated rings. The number of ether oxygens (including phenoxy) is 1. The lowest BCUT2D eigenvalue weighted by atomic mass is 10.1. The van der Waals surface area contributed by atoms with E-state index in [-0.39, 0.29) is 5.91 Å². The third-order valence-electron chi connectivity index (χ3n) is 5.15. The van der Waals surface area contributed by atoms with Crippen LogP contribution in [0.25, 0.3) is 0 Å². The Morgan fingerprint density at radius 2 is 1.96 bits per heavy atom. The summed E-state index contributed by atoms with van der Waals surface area (Å²) in [5.41, 5.74) is 3.64. The van der Waals surface area contributed by atoms with E-state index < -0.39 is 6.10 Å². The van der Waals surface area contributed by atoms with Crippen LogP contribution in [0.15, 0.2) is 42.5 Å². The minimum absolute atomic E-state index is 0.0903. The van der Waals surface area contributed by atoms with Crippen molar-refractivity contribution < 1.29 is 9.53 Å². The van der Waals surface area contributed by atoms with Crippen LogP contribution in [0.4, 0.5) is 0 Å². The Balaban J connectivity index is 1.31. The lowest BCUT2D eigenvalue weighted by Gasteiger charge is -2.35. The van der Waals surface area contributed by atoms with E-state index in [0.29, 0.717) is 11.4 Å². The Morgan fingerprint density at radius 3 is 2.73 bits per heavy atom. The first-order valence-corrected chi connectivity index (χ1v) is 9.48. The molecule has 0 bridgehead atoms. The zero-order valence-electron chi connectivity index (χ0n) is 15.0. The molecule has 0 saturated carbocycles. The molecule has 0 N–H and O–H groups in total. The zero-order valence-corrected chi connectivity index (χ0v) is 15.7.